The smallest absolute Gasteiger partial charge is 0.267 e. The zero-order valence-corrected chi connectivity index (χ0v) is 20.9. The van der Waals surface area contributed by atoms with E-state index in [2.05, 4.69) is 0 Å². The lowest BCUT2D eigenvalue weighted by molar-refractivity contribution is -0.124. The lowest BCUT2D eigenvalue weighted by Gasteiger charge is -2.31. The van der Waals surface area contributed by atoms with Crippen molar-refractivity contribution < 1.29 is 13.9 Å². The minimum absolute atomic E-state index is 0.0559. The maximum atomic E-state index is 14.1. The van der Waals surface area contributed by atoms with Gasteiger partial charge in [0, 0.05) is 17.2 Å². The minimum Gasteiger partial charge on any atom is -0.488 e. The van der Waals surface area contributed by atoms with Crippen LogP contribution in [-0.2, 0) is 11.4 Å². The van der Waals surface area contributed by atoms with Crippen molar-refractivity contribution in [1.82, 2.24) is 4.90 Å². The first-order valence-electron chi connectivity index (χ1n) is 12.9. The van der Waals surface area contributed by atoms with Gasteiger partial charge in [-0.05, 0) is 55.7 Å². The number of amides is 1. The monoisotopic (exact) mass is 492 g/mol. The number of nitrogens with zero attached hydrogens (tertiary/aromatic N) is 2. The van der Waals surface area contributed by atoms with Crippen molar-refractivity contribution in [3.8, 4) is 5.75 Å². The molecule has 3 fully saturated rings. The van der Waals surface area contributed by atoms with Crippen molar-refractivity contribution in [3.63, 3.8) is 0 Å². The number of benzene rings is 2. The molecule has 6 heteroatoms. The Kier molecular flexibility index (Phi) is 7.87. The molecule has 2 aliphatic carbocycles. The van der Waals surface area contributed by atoms with E-state index in [0.29, 0.717) is 22.3 Å². The van der Waals surface area contributed by atoms with Crippen LogP contribution in [0.5, 0.6) is 5.75 Å². The average molecular weight is 493 g/mol. The summed E-state index contributed by atoms with van der Waals surface area (Å²) in [5.41, 5.74) is 1.33. The fourth-order valence-corrected chi connectivity index (χ4v) is 6.35. The SMILES string of the molecule is O=C1C(=Cc2ccccc2OCc2ccccc2F)SC(=NC2CCCCC2)N1C1CCCCC1. The van der Waals surface area contributed by atoms with Gasteiger partial charge in [-0.1, -0.05) is 74.9 Å². The maximum Gasteiger partial charge on any atom is 0.267 e. The van der Waals surface area contributed by atoms with E-state index in [1.165, 1.54) is 56.4 Å². The second-order valence-electron chi connectivity index (χ2n) is 9.70. The molecular formula is C29H33FN2O2S. The van der Waals surface area contributed by atoms with Gasteiger partial charge in [0.05, 0.1) is 10.9 Å². The van der Waals surface area contributed by atoms with Gasteiger partial charge in [0.25, 0.3) is 5.91 Å². The lowest BCUT2D eigenvalue weighted by Crippen LogP contribution is -2.41. The van der Waals surface area contributed by atoms with Crippen LogP contribution in [0.15, 0.2) is 58.4 Å². The molecule has 5 rings (SSSR count). The molecule has 184 valence electrons. The van der Waals surface area contributed by atoms with E-state index in [-0.39, 0.29) is 24.4 Å². The summed E-state index contributed by atoms with van der Waals surface area (Å²) in [5.74, 6) is 0.412. The Balaban J connectivity index is 1.40. The molecule has 0 bridgehead atoms. The Labute approximate surface area is 211 Å². The lowest BCUT2D eigenvalue weighted by atomic mass is 9.94. The number of hydrogen-bond acceptors (Lipinski definition) is 4. The second kappa shape index (κ2) is 11.4. The summed E-state index contributed by atoms with van der Waals surface area (Å²) in [6, 6.07) is 14.8. The quantitative estimate of drug-likeness (QED) is 0.396. The predicted molar refractivity (Wildman–Crippen MR) is 141 cm³/mol. The summed E-state index contributed by atoms with van der Waals surface area (Å²) in [5, 5.41) is 0.879. The van der Waals surface area contributed by atoms with E-state index in [9.17, 15) is 9.18 Å². The highest BCUT2D eigenvalue weighted by atomic mass is 32.2. The molecule has 35 heavy (non-hydrogen) atoms. The van der Waals surface area contributed by atoms with Crippen LogP contribution < -0.4 is 4.74 Å². The van der Waals surface area contributed by atoms with Crippen LogP contribution in [0.25, 0.3) is 6.08 Å². The first-order valence-corrected chi connectivity index (χ1v) is 13.8. The summed E-state index contributed by atoms with van der Waals surface area (Å²) >= 11 is 1.51. The second-order valence-corrected chi connectivity index (χ2v) is 10.7. The van der Waals surface area contributed by atoms with Gasteiger partial charge in [-0.15, -0.1) is 0 Å². The molecule has 0 radical (unpaired) electrons. The van der Waals surface area contributed by atoms with Gasteiger partial charge in [0.2, 0.25) is 0 Å². The molecule has 1 heterocycles. The molecule has 1 amide bonds. The van der Waals surface area contributed by atoms with Gasteiger partial charge in [0.15, 0.2) is 5.17 Å². The van der Waals surface area contributed by atoms with E-state index in [4.69, 9.17) is 9.73 Å². The van der Waals surface area contributed by atoms with Crippen molar-refractivity contribution in [2.24, 2.45) is 4.99 Å². The van der Waals surface area contributed by atoms with E-state index in [1.807, 2.05) is 35.2 Å². The van der Waals surface area contributed by atoms with Crippen LogP contribution in [0, 0.1) is 5.82 Å². The van der Waals surface area contributed by atoms with E-state index in [0.717, 1.165) is 36.4 Å². The van der Waals surface area contributed by atoms with Gasteiger partial charge in [-0.25, -0.2) is 4.39 Å². The summed E-state index contributed by atoms with van der Waals surface area (Å²) in [7, 11) is 0. The third-order valence-electron chi connectivity index (χ3n) is 7.19. The Morgan fingerprint density at radius 3 is 2.40 bits per heavy atom. The van der Waals surface area contributed by atoms with Gasteiger partial charge >= 0.3 is 0 Å². The molecule has 3 aliphatic rings. The molecular weight excluding hydrogens is 459 g/mol. The Morgan fingerprint density at radius 2 is 1.63 bits per heavy atom. The third-order valence-corrected chi connectivity index (χ3v) is 8.19. The summed E-state index contributed by atoms with van der Waals surface area (Å²) in [4.78, 5) is 21.5. The minimum atomic E-state index is -0.281. The highest BCUT2D eigenvalue weighted by molar-refractivity contribution is 8.18. The fourth-order valence-electron chi connectivity index (χ4n) is 5.25. The Hall–Kier alpha value is -2.60. The zero-order valence-electron chi connectivity index (χ0n) is 20.1. The van der Waals surface area contributed by atoms with Gasteiger partial charge in [0.1, 0.15) is 18.2 Å². The Bertz CT molecular complexity index is 1100. The molecule has 1 saturated heterocycles. The number of rotatable bonds is 6. The molecule has 4 nitrogen and oxygen atoms in total. The molecule has 0 aromatic heterocycles. The number of ether oxygens (including phenoxy) is 1. The molecule has 2 aromatic carbocycles. The van der Waals surface area contributed by atoms with Crippen LogP contribution in [0.1, 0.15) is 75.3 Å². The highest BCUT2D eigenvalue weighted by Gasteiger charge is 2.39. The summed E-state index contributed by atoms with van der Waals surface area (Å²) in [6.45, 7) is 0.135. The normalized spacial score (nSPS) is 22.3. The zero-order chi connectivity index (χ0) is 24.0. The molecule has 0 N–H and O–H groups in total. The van der Waals surface area contributed by atoms with Crippen LogP contribution in [0.3, 0.4) is 0 Å². The van der Waals surface area contributed by atoms with Crippen LogP contribution >= 0.6 is 11.8 Å². The first-order chi connectivity index (χ1) is 17.2. The third kappa shape index (κ3) is 5.80. The highest BCUT2D eigenvalue weighted by Crippen LogP contribution is 2.39. The number of para-hydroxylation sites is 1. The topological polar surface area (TPSA) is 41.9 Å². The van der Waals surface area contributed by atoms with Crippen molar-refractivity contribution in [1.29, 1.82) is 0 Å². The van der Waals surface area contributed by atoms with Crippen molar-refractivity contribution in [3.05, 3.63) is 70.4 Å². The van der Waals surface area contributed by atoms with E-state index >= 15 is 0 Å². The number of hydrogen-bond donors (Lipinski definition) is 0. The molecule has 1 aliphatic heterocycles. The van der Waals surface area contributed by atoms with E-state index < -0.39 is 0 Å². The molecule has 0 unspecified atom stereocenters. The summed E-state index contributed by atoms with van der Waals surface area (Å²) in [6.07, 6.45) is 13.6. The van der Waals surface area contributed by atoms with Gasteiger partial charge < -0.3 is 4.74 Å². The molecule has 0 spiro atoms. The van der Waals surface area contributed by atoms with Crippen molar-refractivity contribution in [2.75, 3.05) is 0 Å². The number of halogens is 1. The van der Waals surface area contributed by atoms with Crippen molar-refractivity contribution in [2.45, 2.75) is 82.9 Å². The van der Waals surface area contributed by atoms with Gasteiger partial charge in [-0.3, -0.25) is 14.7 Å². The largest absolute Gasteiger partial charge is 0.488 e. The number of aliphatic imine (C=N–C) groups is 1. The number of thioether (sulfide) groups is 1. The molecule has 2 saturated carbocycles. The number of carbonyl (C=O) groups is 1. The van der Waals surface area contributed by atoms with E-state index in [1.54, 1.807) is 18.2 Å². The number of carbonyl (C=O) groups excluding carboxylic acids is 1. The molecule has 2 aromatic rings. The van der Waals surface area contributed by atoms with Crippen LogP contribution in [0.2, 0.25) is 0 Å². The van der Waals surface area contributed by atoms with Crippen LogP contribution in [0.4, 0.5) is 4.39 Å². The standard InChI is InChI=1S/C29H33FN2O2S/c30-25-17-9-7-12-22(25)20-34-26-18-10-8-11-21(26)19-27-28(33)32(24-15-5-2-6-16-24)29(35-27)31-23-13-3-1-4-14-23/h7-12,17-19,23-24H,1-6,13-16,20H2. The summed E-state index contributed by atoms with van der Waals surface area (Å²) < 4.78 is 20.1. The first kappa shape index (κ1) is 24.1. The van der Waals surface area contributed by atoms with Crippen molar-refractivity contribution >= 4 is 28.9 Å². The van der Waals surface area contributed by atoms with Gasteiger partial charge in [-0.2, -0.15) is 0 Å². The average Bonchev–Trinajstić information content (AvgIpc) is 3.19. The predicted octanol–water partition coefficient (Wildman–Crippen LogP) is 7.34. The molecule has 0 atom stereocenters. The number of amidine groups is 1. The Morgan fingerprint density at radius 1 is 0.943 bits per heavy atom. The maximum absolute atomic E-state index is 14.1. The van der Waals surface area contributed by atoms with Crippen LogP contribution in [-0.4, -0.2) is 28.1 Å². The fraction of sp³-hybridized carbons (Fsp3) is 0.448.